The van der Waals surface area contributed by atoms with Crippen molar-refractivity contribution in [2.75, 3.05) is 14.2 Å². The first-order chi connectivity index (χ1) is 9.19. The highest BCUT2D eigenvalue weighted by Crippen LogP contribution is 2.15. The van der Waals surface area contributed by atoms with Crippen LogP contribution in [0.5, 0.6) is 5.75 Å². The molecule has 2 aromatic rings. The lowest BCUT2D eigenvalue weighted by Gasteiger charge is -2.17. The molecule has 0 aliphatic carbocycles. The van der Waals surface area contributed by atoms with E-state index < -0.39 is 0 Å². The van der Waals surface area contributed by atoms with Gasteiger partial charge in [0.1, 0.15) is 5.75 Å². The molecule has 19 heavy (non-hydrogen) atoms. The van der Waals surface area contributed by atoms with E-state index in [1.165, 1.54) is 0 Å². The SMILES string of the molecule is COc1cccc(CN(C)C(=O)Cc2cccs2)c1. The van der Waals surface area contributed by atoms with E-state index in [1.54, 1.807) is 23.3 Å². The Morgan fingerprint density at radius 2 is 2.16 bits per heavy atom. The molecule has 1 heterocycles. The van der Waals surface area contributed by atoms with Gasteiger partial charge in [-0.25, -0.2) is 0 Å². The van der Waals surface area contributed by atoms with Crippen LogP contribution in [0, 0.1) is 0 Å². The molecule has 100 valence electrons. The first-order valence-corrected chi connectivity index (χ1v) is 6.96. The predicted molar refractivity (Wildman–Crippen MR) is 77.5 cm³/mol. The minimum absolute atomic E-state index is 0.130. The summed E-state index contributed by atoms with van der Waals surface area (Å²) >= 11 is 1.61. The quantitative estimate of drug-likeness (QED) is 0.839. The summed E-state index contributed by atoms with van der Waals surface area (Å²) in [4.78, 5) is 14.9. The van der Waals surface area contributed by atoms with Gasteiger partial charge in [0.05, 0.1) is 13.5 Å². The molecule has 0 atom stereocenters. The van der Waals surface area contributed by atoms with E-state index in [0.29, 0.717) is 13.0 Å². The Morgan fingerprint density at radius 1 is 1.32 bits per heavy atom. The lowest BCUT2D eigenvalue weighted by Crippen LogP contribution is -2.27. The minimum atomic E-state index is 0.130. The van der Waals surface area contributed by atoms with E-state index >= 15 is 0 Å². The number of hydrogen-bond donors (Lipinski definition) is 0. The summed E-state index contributed by atoms with van der Waals surface area (Å²) in [5.74, 6) is 0.946. The van der Waals surface area contributed by atoms with Gasteiger partial charge in [-0.15, -0.1) is 11.3 Å². The van der Waals surface area contributed by atoms with Crippen molar-refractivity contribution < 1.29 is 9.53 Å². The molecule has 0 spiro atoms. The normalized spacial score (nSPS) is 10.2. The van der Waals surface area contributed by atoms with Crippen molar-refractivity contribution in [3.8, 4) is 5.75 Å². The molecule has 0 saturated carbocycles. The van der Waals surface area contributed by atoms with Crippen LogP contribution in [0.2, 0.25) is 0 Å². The molecule has 2 rings (SSSR count). The average Bonchev–Trinajstić information content (AvgIpc) is 2.91. The number of hydrogen-bond acceptors (Lipinski definition) is 3. The van der Waals surface area contributed by atoms with Crippen LogP contribution in [0.1, 0.15) is 10.4 Å². The van der Waals surface area contributed by atoms with Crippen molar-refractivity contribution in [1.82, 2.24) is 4.90 Å². The van der Waals surface area contributed by atoms with Crippen molar-refractivity contribution in [2.24, 2.45) is 0 Å². The van der Waals surface area contributed by atoms with Gasteiger partial charge in [0.15, 0.2) is 0 Å². The summed E-state index contributed by atoms with van der Waals surface area (Å²) in [5.41, 5.74) is 1.07. The molecule has 0 bridgehead atoms. The Bertz CT molecular complexity index is 537. The summed E-state index contributed by atoms with van der Waals surface area (Å²) in [7, 11) is 3.47. The number of carbonyl (C=O) groups excluding carboxylic acids is 1. The Morgan fingerprint density at radius 3 is 2.84 bits per heavy atom. The molecular weight excluding hydrogens is 258 g/mol. The Balaban J connectivity index is 1.96. The number of amides is 1. The zero-order valence-electron chi connectivity index (χ0n) is 11.1. The van der Waals surface area contributed by atoms with Gasteiger partial charge < -0.3 is 9.64 Å². The van der Waals surface area contributed by atoms with E-state index in [9.17, 15) is 4.79 Å². The van der Waals surface area contributed by atoms with E-state index in [-0.39, 0.29) is 5.91 Å². The van der Waals surface area contributed by atoms with Crippen LogP contribution in [0.4, 0.5) is 0 Å². The van der Waals surface area contributed by atoms with Crippen LogP contribution in [0.25, 0.3) is 0 Å². The van der Waals surface area contributed by atoms with E-state index in [2.05, 4.69) is 0 Å². The second-order valence-corrected chi connectivity index (χ2v) is 5.39. The second kappa shape index (κ2) is 6.38. The molecular formula is C15H17NO2S. The van der Waals surface area contributed by atoms with E-state index in [0.717, 1.165) is 16.2 Å². The number of carbonyl (C=O) groups is 1. The molecule has 0 unspecified atom stereocenters. The van der Waals surface area contributed by atoms with E-state index in [4.69, 9.17) is 4.74 Å². The molecule has 0 N–H and O–H groups in total. The maximum absolute atomic E-state index is 12.1. The molecule has 3 nitrogen and oxygen atoms in total. The molecule has 0 radical (unpaired) electrons. The zero-order valence-corrected chi connectivity index (χ0v) is 11.9. The van der Waals surface area contributed by atoms with Gasteiger partial charge in [-0.3, -0.25) is 4.79 Å². The molecule has 4 heteroatoms. The number of benzene rings is 1. The summed E-state index contributed by atoms with van der Waals surface area (Å²) in [6.45, 7) is 0.599. The molecule has 1 aromatic carbocycles. The Hall–Kier alpha value is -1.81. The van der Waals surface area contributed by atoms with Crippen molar-refractivity contribution >= 4 is 17.2 Å². The van der Waals surface area contributed by atoms with Crippen LogP contribution in [0.3, 0.4) is 0 Å². The van der Waals surface area contributed by atoms with Gasteiger partial charge in [0.2, 0.25) is 5.91 Å². The van der Waals surface area contributed by atoms with Gasteiger partial charge in [0, 0.05) is 18.5 Å². The molecule has 1 amide bonds. The maximum atomic E-state index is 12.1. The Labute approximate surface area is 117 Å². The lowest BCUT2D eigenvalue weighted by molar-refractivity contribution is -0.129. The molecule has 0 saturated heterocycles. The lowest BCUT2D eigenvalue weighted by atomic mass is 10.2. The summed E-state index contributed by atoms with van der Waals surface area (Å²) < 4.78 is 5.18. The first-order valence-electron chi connectivity index (χ1n) is 6.08. The van der Waals surface area contributed by atoms with Gasteiger partial charge in [-0.05, 0) is 29.1 Å². The van der Waals surface area contributed by atoms with Gasteiger partial charge in [-0.1, -0.05) is 18.2 Å². The summed E-state index contributed by atoms with van der Waals surface area (Å²) in [5, 5.41) is 1.99. The molecule has 0 fully saturated rings. The van der Waals surface area contributed by atoms with E-state index in [1.807, 2.05) is 48.8 Å². The first kappa shape index (κ1) is 13.6. The van der Waals surface area contributed by atoms with Crippen LogP contribution < -0.4 is 4.74 Å². The molecule has 0 aliphatic rings. The molecule has 0 aliphatic heterocycles. The topological polar surface area (TPSA) is 29.5 Å². The predicted octanol–water partition coefficient (Wildman–Crippen LogP) is 2.96. The fourth-order valence-electron chi connectivity index (χ4n) is 1.83. The number of methoxy groups -OCH3 is 1. The van der Waals surface area contributed by atoms with Gasteiger partial charge in [0.25, 0.3) is 0 Å². The average molecular weight is 275 g/mol. The van der Waals surface area contributed by atoms with Crippen LogP contribution >= 0.6 is 11.3 Å². The molecule has 1 aromatic heterocycles. The van der Waals surface area contributed by atoms with Gasteiger partial charge >= 0.3 is 0 Å². The summed E-state index contributed by atoms with van der Waals surface area (Å²) in [6.07, 6.45) is 0.470. The van der Waals surface area contributed by atoms with Gasteiger partial charge in [-0.2, -0.15) is 0 Å². The third kappa shape index (κ3) is 3.83. The monoisotopic (exact) mass is 275 g/mol. The smallest absolute Gasteiger partial charge is 0.227 e. The largest absolute Gasteiger partial charge is 0.497 e. The van der Waals surface area contributed by atoms with Crippen molar-refractivity contribution in [3.05, 3.63) is 52.2 Å². The fourth-order valence-corrected chi connectivity index (χ4v) is 2.53. The van der Waals surface area contributed by atoms with Crippen LogP contribution in [-0.2, 0) is 17.8 Å². The fraction of sp³-hybridized carbons (Fsp3) is 0.267. The maximum Gasteiger partial charge on any atom is 0.227 e. The summed E-state index contributed by atoms with van der Waals surface area (Å²) in [6, 6.07) is 11.7. The highest BCUT2D eigenvalue weighted by atomic mass is 32.1. The highest BCUT2D eigenvalue weighted by molar-refractivity contribution is 7.10. The Kier molecular flexibility index (Phi) is 4.58. The third-order valence-corrected chi connectivity index (χ3v) is 3.76. The van der Waals surface area contributed by atoms with Crippen LogP contribution in [-0.4, -0.2) is 25.0 Å². The van der Waals surface area contributed by atoms with Crippen molar-refractivity contribution in [3.63, 3.8) is 0 Å². The minimum Gasteiger partial charge on any atom is -0.497 e. The van der Waals surface area contributed by atoms with Crippen LogP contribution in [0.15, 0.2) is 41.8 Å². The second-order valence-electron chi connectivity index (χ2n) is 4.36. The standard InChI is InChI=1S/C15H17NO2S/c1-16(15(17)10-14-7-4-8-19-14)11-12-5-3-6-13(9-12)18-2/h3-9H,10-11H2,1-2H3. The number of likely N-dealkylation sites (N-methyl/N-ethyl adjacent to an activating group) is 1. The zero-order chi connectivity index (χ0) is 13.7. The van der Waals surface area contributed by atoms with Crippen molar-refractivity contribution in [1.29, 1.82) is 0 Å². The third-order valence-electron chi connectivity index (χ3n) is 2.89. The number of rotatable bonds is 5. The number of thiophene rings is 1. The van der Waals surface area contributed by atoms with Crippen molar-refractivity contribution in [2.45, 2.75) is 13.0 Å². The number of ether oxygens (including phenoxy) is 1. The highest BCUT2D eigenvalue weighted by Gasteiger charge is 2.11. The number of nitrogens with zero attached hydrogens (tertiary/aromatic N) is 1.